The normalized spacial score (nSPS) is 13.8. The maximum atomic E-state index is 12.7. The first-order chi connectivity index (χ1) is 45.8. The van der Waals surface area contributed by atoms with Crippen LogP contribution in [-0.2, 0) is 28.6 Å². The zero-order chi connectivity index (χ0) is 66.9. The Morgan fingerprint density at radius 2 is 0.907 bits per heavy atom. The van der Waals surface area contributed by atoms with E-state index in [1.54, 1.807) is 47.7 Å². The molecule has 508 valence electrons. The quantitative estimate of drug-likeness (QED) is 0.0903. The average molecular weight is 1390 g/mol. The second-order valence-electron chi connectivity index (χ2n) is 23.1. The van der Waals surface area contributed by atoms with Crippen LogP contribution in [0, 0.1) is 19.8 Å². The van der Waals surface area contributed by atoms with Gasteiger partial charge in [-0.25, -0.2) is 57.0 Å². The van der Waals surface area contributed by atoms with Gasteiger partial charge >= 0.3 is 23.4 Å². The Morgan fingerprint density at radius 1 is 0.536 bits per heavy atom. The van der Waals surface area contributed by atoms with E-state index in [0.29, 0.717) is 69.8 Å². The lowest BCUT2D eigenvalue weighted by Gasteiger charge is -2.09. The lowest BCUT2D eigenvalue weighted by molar-refractivity contribution is -0.274. The number of alkyl halides is 6. The van der Waals surface area contributed by atoms with Crippen molar-refractivity contribution in [2.45, 2.75) is 123 Å². The summed E-state index contributed by atoms with van der Waals surface area (Å²) in [7, 11) is 0. The number of fused-ring (bicyclic) bond motifs is 3. The second-order valence-corrected chi connectivity index (χ2v) is 23.9. The summed E-state index contributed by atoms with van der Waals surface area (Å²) in [6.07, 6.45) is 14.2. The van der Waals surface area contributed by atoms with Crippen LogP contribution in [0.25, 0.3) is 50.3 Å². The summed E-state index contributed by atoms with van der Waals surface area (Å²) in [5.74, 6) is 3.97. The summed E-state index contributed by atoms with van der Waals surface area (Å²) in [5, 5.41) is 15.0. The van der Waals surface area contributed by atoms with E-state index in [1.165, 1.54) is 66.4 Å². The van der Waals surface area contributed by atoms with Gasteiger partial charge in [0.25, 0.3) is 0 Å². The predicted molar refractivity (Wildman–Crippen MR) is 362 cm³/mol. The highest BCUT2D eigenvalue weighted by atomic mass is 35.5. The highest BCUT2D eigenvalue weighted by Crippen LogP contribution is 2.41. The average Bonchev–Trinajstić information content (AvgIpc) is 1.67. The van der Waals surface area contributed by atoms with Gasteiger partial charge in [0, 0.05) is 42.3 Å². The third kappa shape index (κ3) is 19.2. The topological polar surface area (TPSA) is 276 Å². The number of H-pyrrole nitrogens is 1. The molecule has 16 rings (SSSR count). The van der Waals surface area contributed by atoms with Gasteiger partial charge in [-0.3, -0.25) is 9.59 Å². The van der Waals surface area contributed by atoms with Crippen LogP contribution in [0.3, 0.4) is 0 Å². The van der Waals surface area contributed by atoms with Crippen LogP contribution in [0.4, 0.5) is 13.2 Å². The molecular formula is C69H71Cl3F3N13O9. The minimum Gasteiger partial charge on any atom is -0.448 e. The van der Waals surface area contributed by atoms with Crippen LogP contribution in [0.5, 0.6) is 5.75 Å². The first kappa shape index (κ1) is 71.4. The van der Waals surface area contributed by atoms with Gasteiger partial charge in [0.1, 0.15) is 35.9 Å². The molecular weight excluding hydrogens is 1320 g/mol. The van der Waals surface area contributed by atoms with Crippen LogP contribution in [-0.4, -0.2) is 87.7 Å². The molecule has 0 atom stereocenters. The first-order valence-electron chi connectivity index (χ1n) is 30.4. The smallest absolute Gasteiger partial charge is 0.448 e. The fraction of sp³-hybridized carbons (Fsp3) is 0.319. The van der Waals surface area contributed by atoms with E-state index in [4.69, 9.17) is 53.8 Å². The molecule has 4 aliphatic carbocycles. The number of hydrogen-bond acceptors (Lipinski definition) is 15. The molecule has 4 fully saturated rings. The van der Waals surface area contributed by atoms with Crippen molar-refractivity contribution in [3.05, 3.63) is 224 Å². The Balaban J connectivity index is 0.000000149. The van der Waals surface area contributed by atoms with Crippen molar-refractivity contribution in [1.29, 1.82) is 0 Å². The Hall–Kier alpha value is -9.85. The molecule has 0 unspecified atom stereocenters. The van der Waals surface area contributed by atoms with Crippen LogP contribution < -0.4 is 27.5 Å². The van der Waals surface area contributed by atoms with Crippen molar-refractivity contribution in [2.75, 3.05) is 11.8 Å². The monoisotopic (exact) mass is 1390 g/mol. The fourth-order valence-corrected chi connectivity index (χ4v) is 9.85. The minimum atomic E-state index is -4.74. The van der Waals surface area contributed by atoms with E-state index in [2.05, 4.69) is 83.4 Å². The number of nitrogens with one attached hydrogen (secondary N) is 1. The molecule has 1 amide bonds. The number of nitrogens with zero attached hydrogens (tertiary/aromatic N) is 11. The summed E-state index contributed by atoms with van der Waals surface area (Å²) in [6.45, 7) is 4.61. The van der Waals surface area contributed by atoms with Crippen LogP contribution >= 0.6 is 34.8 Å². The van der Waals surface area contributed by atoms with Crippen molar-refractivity contribution >= 4 is 63.4 Å². The maximum absolute atomic E-state index is 12.7. The van der Waals surface area contributed by atoms with Crippen molar-refractivity contribution < 1.29 is 40.7 Å². The summed E-state index contributed by atoms with van der Waals surface area (Å²) in [6, 6.07) is 32.9. The Morgan fingerprint density at radius 3 is 1.25 bits per heavy atom. The van der Waals surface area contributed by atoms with Gasteiger partial charge in [-0.2, -0.15) is 5.10 Å². The number of aromatic nitrogens is 12. The molecule has 3 N–H and O–H groups in total. The number of ketones is 1. The number of carbonyl (C=O) groups is 2. The molecule has 0 radical (unpaired) electrons. The number of aromatic amines is 1. The minimum absolute atomic E-state index is 0. The Kier molecular flexibility index (Phi) is 23.4. The number of rotatable bonds is 15. The van der Waals surface area contributed by atoms with Crippen molar-refractivity contribution in [1.82, 2.24) is 57.9 Å². The molecule has 3 aromatic carbocycles. The third-order valence-corrected chi connectivity index (χ3v) is 16.2. The lowest BCUT2D eigenvalue weighted by atomic mass is 10.1. The molecule has 0 saturated heterocycles. The highest BCUT2D eigenvalue weighted by Gasteiger charge is 2.32. The van der Waals surface area contributed by atoms with E-state index < -0.39 is 6.36 Å². The number of primary amides is 1. The van der Waals surface area contributed by atoms with Gasteiger partial charge in [0.05, 0.1) is 36.4 Å². The van der Waals surface area contributed by atoms with Crippen LogP contribution in [0.15, 0.2) is 174 Å². The number of amides is 1. The molecule has 0 spiro atoms. The summed E-state index contributed by atoms with van der Waals surface area (Å²) in [5.41, 5.74) is 15.9. The van der Waals surface area contributed by atoms with Gasteiger partial charge in [0.2, 0.25) is 5.91 Å². The number of aryl methyl sites for hydroxylation is 2. The molecule has 0 bridgehead atoms. The molecule has 12 aromatic rings. The highest BCUT2D eigenvalue weighted by molar-refractivity contribution is 6.35. The lowest BCUT2D eigenvalue weighted by Crippen LogP contribution is -2.21. The molecule has 22 nitrogen and oxygen atoms in total. The van der Waals surface area contributed by atoms with Gasteiger partial charge in [-0.15, -0.1) is 58.2 Å². The van der Waals surface area contributed by atoms with Crippen molar-refractivity contribution in [3.8, 4) is 39.1 Å². The van der Waals surface area contributed by atoms with Gasteiger partial charge in [0.15, 0.2) is 40.4 Å². The zero-order valence-corrected chi connectivity index (χ0v) is 53.6. The van der Waals surface area contributed by atoms with Crippen LogP contribution in [0.1, 0.15) is 130 Å². The molecule has 0 aliphatic heterocycles. The molecule has 97 heavy (non-hydrogen) atoms. The Bertz CT molecular complexity index is 4790. The number of Topliss-reactive ketones (excluding diaryl/α,β-unsaturated/α-hetero) is 1. The summed E-state index contributed by atoms with van der Waals surface area (Å²) < 4.78 is 64.1. The first-order valence-corrected chi connectivity index (χ1v) is 32.0. The summed E-state index contributed by atoms with van der Waals surface area (Å²) >= 11 is 15.6. The van der Waals surface area contributed by atoms with Crippen molar-refractivity contribution in [3.63, 3.8) is 0 Å². The number of ether oxygens (including phenoxy) is 1. The summed E-state index contributed by atoms with van der Waals surface area (Å²) in [4.78, 5) is 69.9. The number of carbonyl (C=O) groups excluding carboxylic acids is 2. The van der Waals surface area contributed by atoms with E-state index in [-0.39, 0.29) is 73.6 Å². The number of pyridine rings is 3. The number of oxazole rings is 3. The maximum Gasteiger partial charge on any atom is 0.573 e. The Labute approximate surface area is 568 Å². The fourth-order valence-electron chi connectivity index (χ4n) is 9.44. The van der Waals surface area contributed by atoms with Gasteiger partial charge in [-0.05, 0) is 147 Å². The van der Waals surface area contributed by atoms with E-state index >= 15 is 0 Å². The van der Waals surface area contributed by atoms with E-state index in [9.17, 15) is 37.1 Å². The van der Waals surface area contributed by atoms with Gasteiger partial charge in [-0.1, -0.05) is 86.6 Å². The molecule has 9 aromatic heterocycles. The van der Waals surface area contributed by atoms with Crippen LogP contribution in [0.2, 0.25) is 0 Å². The number of halogens is 6. The molecule has 9 heterocycles. The third-order valence-electron chi connectivity index (χ3n) is 15.3. The standard InChI is InChI=1S/C20H15F3N4O3.C20H18N4O2.C13H11N3O.C7H8ClNO.C4H7NO.C3H4Cl2O.2CH4/c21-20(22,23)30-16-6-3-12(4-7-16)14-5-8-17-25-27(19(28)26(17)9-14)10-15-11-29-18(24-15)13-1-2-13;1-13-2-4-14(5-3-13)16-8-9-18-22-24(20(25)23(18)10-16)11-17-12-26-19(21-17)15-6-7-15;1-9-2-4-10(5-3-9)11-6-7-12-14-15-13(17)16(12)8-11;8-3-6-4-10-7(9-6)5-1-2-5;5-4(6)3-1-2-3;4-1-3(6)2-5;;/h3-9,11,13H,1-2,10H2;2-5,8-10,12,15H,6-7,11H2,1H3;2-8H,1H3,(H,15,17);4-5H,1-3H2;3H,1-2H2,(H2,5,6);1-2H2;2*1H4. The van der Waals surface area contributed by atoms with Gasteiger partial charge < -0.3 is 23.7 Å². The number of nitrogens with two attached hydrogens (primary N) is 1. The van der Waals surface area contributed by atoms with E-state index in [0.717, 1.165) is 83.9 Å². The number of benzene rings is 3. The van der Waals surface area contributed by atoms with Crippen molar-refractivity contribution in [2.24, 2.45) is 11.7 Å². The SMILES string of the molecule is C.C.Cc1ccc(-c2ccc3n[nH]c(=O)n3c2)cc1.Cc1ccc(-c2ccc3nn(Cc4coc(C5CC5)n4)c(=O)n3c2)cc1.ClCc1coc(C2CC2)n1.NC(=O)C1CC1.O=C(CCl)CCl.O=c1n(Cc2coc(C3CC3)n2)nc2ccc(-c3ccc(OC(F)(F)F)cc3)cn12. The van der Waals surface area contributed by atoms with E-state index in [1.807, 2.05) is 49.5 Å². The zero-order valence-electron chi connectivity index (χ0n) is 51.3. The largest absolute Gasteiger partial charge is 0.573 e. The predicted octanol–water partition coefficient (Wildman–Crippen LogP) is 13.8. The second kappa shape index (κ2) is 31.8. The molecule has 28 heteroatoms. The molecule has 4 aliphatic rings. The molecule has 4 saturated carbocycles. The number of hydrogen-bond donors (Lipinski definition) is 2.